The van der Waals surface area contributed by atoms with Crippen LogP contribution in [0, 0.1) is 5.82 Å². The van der Waals surface area contributed by atoms with Gasteiger partial charge in [-0.3, -0.25) is 5.10 Å². The number of allylic oxidation sites excluding steroid dienone is 2. The van der Waals surface area contributed by atoms with Crippen molar-refractivity contribution in [3.63, 3.8) is 0 Å². The van der Waals surface area contributed by atoms with Crippen molar-refractivity contribution in [1.82, 2.24) is 25.0 Å². The van der Waals surface area contributed by atoms with E-state index in [-0.39, 0.29) is 12.4 Å². The fourth-order valence-electron chi connectivity index (χ4n) is 6.66. The molecule has 40 heavy (non-hydrogen) atoms. The van der Waals surface area contributed by atoms with E-state index in [4.69, 9.17) is 16.7 Å². The number of anilines is 1. The number of H-pyrrole nitrogens is 1. The SMILES string of the molecule is CCc1cccc2c1-n1nc3c(c1C1(C)C2=CC(C)(Cl)c2[nH]ncc21)CN(c1ncc(C(F)(F)F)cc1F)CC3. The fourth-order valence-corrected chi connectivity index (χ4v) is 6.92. The highest BCUT2D eigenvalue weighted by Crippen LogP contribution is 2.58. The molecule has 2 aliphatic heterocycles. The van der Waals surface area contributed by atoms with Gasteiger partial charge in [0.1, 0.15) is 4.87 Å². The third-order valence-corrected chi connectivity index (χ3v) is 8.88. The number of rotatable bonds is 2. The first kappa shape index (κ1) is 25.3. The molecule has 3 aliphatic rings. The smallest absolute Gasteiger partial charge is 0.349 e. The predicted molar refractivity (Wildman–Crippen MR) is 143 cm³/mol. The quantitative estimate of drug-likeness (QED) is 0.223. The molecular formula is C29H25ClF4N6. The molecule has 1 aliphatic carbocycles. The number of fused-ring (bicyclic) bond motifs is 10. The van der Waals surface area contributed by atoms with Crippen molar-refractivity contribution in [3.8, 4) is 5.69 Å². The summed E-state index contributed by atoms with van der Waals surface area (Å²) >= 11 is 7.07. The summed E-state index contributed by atoms with van der Waals surface area (Å²) in [5.74, 6) is -1.11. The lowest BCUT2D eigenvalue weighted by molar-refractivity contribution is -0.138. The van der Waals surface area contributed by atoms with Crippen molar-refractivity contribution in [3.05, 3.63) is 93.5 Å². The fraction of sp³-hybridized carbons (Fsp3) is 0.345. The van der Waals surface area contributed by atoms with E-state index in [1.165, 1.54) is 0 Å². The highest BCUT2D eigenvalue weighted by molar-refractivity contribution is 6.26. The monoisotopic (exact) mass is 568 g/mol. The molecule has 0 fully saturated rings. The highest BCUT2D eigenvalue weighted by atomic mass is 35.5. The highest BCUT2D eigenvalue weighted by Gasteiger charge is 2.52. The van der Waals surface area contributed by atoms with Crippen LogP contribution in [0.2, 0.25) is 0 Å². The molecule has 1 aromatic carbocycles. The molecule has 0 bridgehead atoms. The number of benzene rings is 1. The van der Waals surface area contributed by atoms with Gasteiger partial charge in [-0.2, -0.15) is 23.4 Å². The van der Waals surface area contributed by atoms with Crippen LogP contribution >= 0.6 is 11.6 Å². The van der Waals surface area contributed by atoms with Gasteiger partial charge in [-0.1, -0.05) is 31.2 Å². The van der Waals surface area contributed by atoms with Gasteiger partial charge >= 0.3 is 6.18 Å². The molecule has 5 heterocycles. The Bertz CT molecular complexity index is 1730. The molecular weight excluding hydrogens is 544 g/mol. The summed E-state index contributed by atoms with van der Waals surface area (Å²) in [6.45, 7) is 6.78. The molecule has 3 aromatic heterocycles. The Morgan fingerprint density at radius 1 is 1.18 bits per heavy atom. The van der Waals surface area contributed by atoms with Crippen LogP contribution in [0.1, 0.15) is 65.7 Å². The zero-order chi connectivity index (χ0) is 28.2. The van der Waals surface area contributed by atoms with Crippen LogP contribution in [0.15, 0.2) is 42.7 Å². The molecule has 0 amide bonds. The van der Waals surface area contributed by atoms with E-state index >= 15 is 4.39 Å². The first-order chi connectivity index (χ1) is 18.9. The molecule has 0 spiro atoms. The summed E-state index contributed by atoms with van der Waals surface area (Å²) in [6, 6.07) is 6.74. The van der Waals surface area contributed by atoms with Gasteiger partial charge in [-0.25, -0.2) is 14.1 Å². The Hall–Kier alpha value is -3.66. The van der Waals surface area contributed by atoms with Crippen LogP contribution in [-0.4, -0.2) is 31.5 Å². The number of aryl methyl sites for hydroxylation is 1. The van der Waals surface area contributed by atoms with Crippen molar-refractivity contribution in [2.24, 2.45) is 0 Å². The molecule has 0 saturated heterocycles. The van der Waals surface area contributed by atoms with Crippen molar-refractivity contribution in [2.45, 2.75) is 56.6 Å². The van der Waals surface area contributed by atoms with Crippen molar-refractivity contribution in [1.29, 1.82) is 0 Å². The summed E-state index contributed by atoms with van der Waals surface area (Å²) in [7, 11) is 0. The number of hydrogen-bond acceptors (Lipinski definition) is 4. The van der Waals surface area contributed by atoms with Gasteiger partial charge in [0.25, 0.3) is 0 Å². The number of para-hydroxylation sites is 1. The molecule has 2 atom stereocenters. The molecule has 1 N–H and O–H groups in total. The summed E-state index contributed by atoms with van der Waals surface area (Å²) in [6.07, 6.45) is 1.18. The van der Waals surface area contributed by atoms with Gasteiger partial charge in [0, 0.05) is 42.4 Å². The van der Waals surface area contributed by atoms with Crippen molar-refractivity contribution < 1.29 is 17.6 Å². The van der Waals surface area contributed by atoms with E-state index in [0.29, 0.717) is 25.2 Å². The number of alkyl halides is 4. The van der Waals surface area contributed by atoms with Gasteiger partial charge in [0.2, 0.25) is 0 Å². The number of aromatic amines is 1. The van der Waals surface area contributed by atoms with Crippen molar-refractivity contribution >= 4 is 23.0 Å². The molecule has 0 radical (unpaired) electrons. The second kappa shape index (κ2) is 8.19. The van der Waals surface area contributed by atoms with Crippen LogP contribution in [0.5, 0.6) is 0 Å². The Morgan fingerprint density at radius 3 is 2.70 bits per heavy atom. The molecule has 6 nitrogen and oxygen atoms in total. The minimum Gasteiger partial charge on any atom is -0.349 e. The standard InChI is InChI=1S/C29H25ClF4N6/c1-4-15-6-5-7-17-19-11-27(2,30)24-20(13-36-37-24)28(19,3)25-18-14-39(9-8-22(18)38-40(25)23(15)17)26-21(31)10-16(12-35-26)29(32,33)34/h5-7,10-13H,4,8-9,14H2,1-3H3,(H,36,37). The maximum Gasteiger partial charge on any atom is 0.417 e. The minimum atomic E-state index is -4.67. The van der Waals surface area contributed by atoms with E-state index in [1.807, 2.05) is 17.7 Å². The van der Waals surface area contributed by atoms with Crippen LogP contribution in [0.3, 0.4) is 0 Å². The average Bonchev–Trinajstić information content (AvgIpc) is 3.56. The molecule has 206 valence electrons. The number of pyridine rings is 1. The van der Waals surface area contributed by atoms with Gasteiger partial charge in [0.15, 0.2) is 11.6 Å². The largest absolute Gasteiger partial charge is 0.417 e. The lowest BCUT2D eigenvalue weighted by Gasteiger charge is -2.44. The third-order valence-electron chi connectivity index (χ3n) is 8.58. The van der Waals surface area contributed by atoms with E-state index < -0.39 is 27.8 Å². The first-order valence-corrected chi connectivity index (χ1v) is 13.5. The summed E-state index contributed by atoms with van der Waals surface area (Å²) in [5.41, 5.74) is 6.82. The number of aromatic nitrogens is 5. The van der Waals surface area contributed by atoms with Gasteiger partial charge < -0.3 is 4.90 Å². The van der Waals surface area contributed by atoms with Gasteiger partial charge in [0.05, 0.1) is 39.9 Å². The Kier molecular flexibility index (Phi) is 5.18. The van der Waals surface area contributed by atoms with Crippen molar-refractivity contribution in [2.75, 3.05) is 11.4 Å². The lowest BCUT2D eigenvalue weighted by Crippen LogP contribution is -2.41. The third kappa shape index (κ3) is 3.31. The van der Waals surface area contributed by atoms with Crippen LogP contribution in [0.25, 0.3) is 11.3 Å². The molecule has 0 saturated carbocycles. The zero-order valence-corrected chi connectivity index (χ0v) is 22.8. The molecule has 4 aromatic rings. The van der Waals surface area contributed by atoms with E-state index in [1.54, 1.807) is 11.1 Å². The predicted octanol–water partition coefficient (Wildman–Crippen LogP) is 6.44. The number of halogens is 5. The Labute approximate surface area is 232 Å². The zero-order valence-electron chi connectivity index (χ0n) is 22.0. The molecule has 2 unspecified atom stereocenters. The normalized spacial score (nSPS) is 23.1. The Morgan fingerprint density at radius 2 is 1.98 bits per heavy atom. The van der Waals surface area contributed by atoms with E-state index in [9.17, 15) is 13.2 Å². The summed E-state index contributed by atoms with van der Waals surface area (Å²) in [5, 5.41) is 12.6. The number of nitrogens with zero attached hydrogens (tertiary/aromatic N) is 5. The van der Waals surface area contributed by atoms with Crippen LogP contribution in [-0.2, 0) is 35.9 Å². The minimum absolute atomic E-state index is 0.106. The molecule has 7 rings (SSSR count). The van der Waals surface area contributed by atoms with Gasteiger partial charge in [-0.05, 0) is 37.5 Å². The van der Waals surface area contributed by atoms with Gasteiger partial charge in [-0.15, -0.1) is 11.6 Å². The second-order valence-corrected chi connectivity index (χ2v) is 11.8. The summed E-state index contributed by atoms with van der Waals surface area (Å²) in [4.78, 5) is 4.78. The first-order valence-electron chi connectivity index (χ1n) is 13.1. The topological polar surface area (TPSA) is 62.6 Å². The van der Waals surface area contributed by atoms with E-state index in [2.05, 4.69) is 47.2 Å². The number of nitrogens with one attached hydrogen (secondary N) is 1. The Balaban J connectivity index is 1.45. The molecule has 11 heteroatoms. The second-order valence-electron chi connectivity index (χ2n) is 11.0. The average molecular weight is 569 g/mol. The summed E-state index contributed by atoms with van der Waals surface area (Å²) < 4.78 is 56.5. The number of hydrogen-bond donors (Lipinski definition) is 1. The van der Waals surface area contributed by atoms with Crippen LogP contribution in [0.4, 0.5) is 23.4 Å². The lowest BCUT2D eigenvalue weighted by atomic mass is 9.63. The maximum absolute atomic E-state index is 15.0. The van der Waals surface area contributed by atoms with E-state index in [0.717, 1.165) is 57.0 Å². The maximum atomic E-state index is 15.0. The van der Waals surface area contributed by atoms with Crippen LogP contribution < -0.4 is 4.90 Å².